The van der Waals surface area contributed by atoms with E-state index in [-0.39, 0.29) is 102 Å². The molecule has 0 aliphatic carbocycles. The summed E-state index contributed by atoms with van der Waals surface area (Å²) in [6.07, 6.45) is -27.3. The summed E-state index contributed by atoms with van der Waals surface area (Å²) in [5.41, 5.74) is 34.3. The number of H-pyrrole nitrogens is 3. The van der Waals surface area contributed by atoms with Gasteiger partial charge in [0.05, 0.1) is 94.7 Å². The number of imidazole rings is 6. The average molecular weight is 2070 g/mol. The summed E-state index contributed by atoms with van der Waals surface area (Å²) >= 11 is 14.4. The lowest BCUT2D eigenvalue weighted by atomic mass is 10.1. The normalized spacial score (nSPS) is 37.7. The Morgan fingerprint density at radius 3 is 0.896 bits per heavy atom. The third-order valence-corrected chi connectivity index (χ3v) is 29.8. The van der Waals surface area contributed by atoms with Crippen LogP contribution in [0.3, 0.4) is 0 Å². The number of hydrogen-bond donors (Lipinski definition) is 18. The van der Waals surface area contributed by atoms with Crippen LogP contribution in [0.1, 0.15) is 37.4 Å². The smallest absolute Gasteiger partial charge is 0.397 e. The van der Waals surface area contributed by atoms with Gasteiger partial charge < -0.3 is 112 Å². The molecule has 12 unspecified atom stereocenters. The molecule has 135 heavy (non-hydrogen) atoms. The maximum absolute atomic E-state index is 15.9. The molecule has 9 aliphatic heterocycles. The van der Waals surface area contributed by atoms with Crippen LogP contribution < -0.4 is 51.1 Å². The Morgan fingerprint density at radius 2 is 0.600 bits per heavy atom. The van der Waals surface area contributed by atoms with E-state index in [0.29, 0.717) is 0 Å². The van der Waals surface area contributed by atoms with E-state index in [1.807, 2.05) is 0 Å². The molecule has 30 atom stereocenters. The van der Waals surface area contributed by atoms with Gasteiger partial charge in [0.1, 0.15) is 108 Å². The minimum Gasteiger partial charge on any atom is -0.397 e. The van der Waals surface area contributed by atoms with Crippen molar-refractivity contribution in [3.63, 3.8) is 0 Å². The summed E-state index contributed by atoms with van der Waals surface area (Å²) in [5, 5.41) is 33.2. The van der Waals surface area contributed by atoms with Gasteiger partial charge >= 0.3 is 43.7 Å². The molecule has 72 heteroatoms. The fraction of sp³-hybridized carbons (Fsp3) is 0.476. The van der Waals surface area contributed by atoms with Crippen LogP contribution in [0.15, 0.2) is 89.1 Å². The number of phosphoric acid groups is 3. The Balaban J connectivity index is 0.000000130. The summed E-state index contributed by atoms with van der Waals surface area (Å²) in [7, 11) is -15.3. The molecule has 9 fully saturated rings. The Kier molecular flexibility index (Phi) is 25.4. The highest BCUT2D eigenvalue weighted by Crippen LogP contribution is 2.61. The number of pyridine rings is 3. The second-order valence-electron chi connectivity index (χ2n) is 30.7. The van der Waals surface area contributed by atoms with Crippen molar-refractivity contribution in [2.75, 3.05) is 74.0 Å². The number of alkyl halides is 3. The minimum atomic E-state index is -5.09. The predicted molar refractivity (Wildman–Crippen MR) is 454 cm³/mol. The standard InChI is InChI=1S/3C21H24FN9O11P2S/c3*22-10-14-9(40-19(10)30-5-26-11-7(23)1-2-25-16(11)30)4-38-44(36,45)42-15-13(32)8(3-37-43(34,35)41-14)39-20(15)31-6-27-12-17(31)28-21(24)29-18(12)33/h3*1-2,5-6,8-10,13-15,19-20,32H,3-4H2,(H2,23,25)(H,34,35)(H,36,45)(H3,24,28,29,33)/t3*8-,9-,10+,13?,14?,15+,19-,20-,44?/m111/s1. The Morgan fingerprint density at radius 1 is 0.348 bits per heavy atom. The van der Waals surface area contributed by atoms with Gasteiger partial charge in [-0.25, -0.2) is 76.3 Å². The second-order valence-corrected chi connectivity index (χ2v) is 43.4. The molecule has 12 aromatic rings. The Hall–Kier alpha value is -8.97. The minimum absolute atomic E-state index is 0.0708. The number of aliphatic hydroxyl groups excluding tert-OH is 3. The van der Waals surface area contributed by atoms with Crippen molar-refractivity contribution in [2.24, 2.45) is 0 Å². The zero-order valence-corrected chi connectivity index (χ0v) is 75.3. The molecular weight excluding hydrogens is 2000 g/mol. The molecule has 60 nitrogen and oxygen atoms in total. The molecule has 9 saturated heterocycles. The quantitative estimate of drug-likeness (QED) is 0.0693. The second kappa shape index (κ2) is 36.0. The van der Waals surface area contributed by atoms with Crippen molar-refractivity contribution >= 4 is 181 Å². The third-order valence-electron chi connectivity index (χ3n) is 22.2. The number of nitrogens with zero attached hydrogens (tertiary/aromatic N) is 18. The topological polar surface area (TPSA) is 835 Å². The van der Waals surface area contributed by atoms with E-state index >= 15 is 13.2 Å². The van der Waals surface area contributed by atoms with Gasteiger partial charge in [-0.15, -0.1) is 0 Å². The average Bonchev–Trinajstić information content (AvgIpc) is 1.61. The lowest BCUT2D eigenvalue weighted by Gasteiger charge is -2.27. The van der Waals surface area contributed by atoms with Crippen LogP contribution in [0.2, 0.25) is 0 Å². The fourth-order valence-electron chi connectivity index (χ4n) is 16.0. The molecule has 0 aromatic carbocycles. The molecule has 9 aliphatic rings. The van der Waals surface area contributed by atoms with Crippen LogP contribution in [0, 0.1) is 0 Å². The molecule has 0 saturated carbocycles. The van der Waals surface area contributed by atoms with Crippen molar-refractivity contribution in [3.05, 3.63) is 106 Å². The number of halogens is 3. The van der Waals surface area contributed by atoms with E-state index in [1.54, 1.807) is 0 Å². The molecule has 726 valence electrons. The molecule has 21 heterocycles. The van der Waals surface area contributed by atoms with Crippen molar-refractivity contribution in [3.8, 4) is 0 Å². The number of aliphatic hydroxyl groups is 3. The largest absolute Gasteiger partial charge is 0.472 e. The molecule has 6 bridgehead atoms. The van der Waals surface area contributed by atoms with Gasteiger partial charge in [-0.2, -0.15) is 15.0 Å². The van der Waals surface area contributed by atoms with Gasteiger partial charge in [0.2, 0.25) is 17.8 Å². The lowest BCUT2D eigenvalue weighted by Crippen LogP contribution is -2.35. The first-order valence-electron chi connectivity index (χ1n) is 39.2. The first kappa shape index (κ1) is 95.0. The first-order chi connectivity index (χ1) is 63.9. The number of nitrogen functional groups attached to an aromatic ring is 6. The maximum atomic E-state index is 15.9. The van der Waals surface area contributed by atoms with Gasteiger partial charge in [-0.1, -0.05) is 12.2 Å². The van der Waals surface area contributed by atoms with E-state index in [2.05, 4.69) is 87.0 Å². The number of aromatic amines is 3. The van der Waals surface area contributed by atoms with Crippen LogP contribution in [0.25, 0.3) is 67.0 Å². The number of aromatic nitrogens is 21. The number of nitrogens with two attached hydrogens (primary N) is 6. The zero-order valence-electron chi connectivity index (χ0n) is 67.4. The van der Waals surface area contributed by atoms with Crippen molar-refractivity contribution < 1.29 is 154 Å². The van der Waals surface area contributed by atoms with Crippen LogP contribution >= 0.6 is 56.0 Å². The fourth-order valence-corrected chi connectivity index (χ4v) is 23.2. The number of anilines is 6. The molecule has 23 N–H and O–H groups in total. The highest BCUT2D eigenvalue weighted by Gasteiger charge is 2.59. The molecule has 0 amide bonds. The SMILES string of the molecule is Nc1nc2c(ncn2[C@@H]2O[C@@H]3COP(=O)(O)OC4[C@@H](COP(=O)(S)O[C@H]2C3O)O[C@@H](n2cnc3c(N)ccnc32)[C@H]4F)c(=O)[nH]1.Nc1nc2c(ncn2[C@@H]2O[C@@H]3COP(=O)(O)OC4[C@@H](COP(O)(=S)O[C@H]2C3O)O[C@@H](n2cnc3c(N)ccnc32)[C@H]4F)c(=O)[nH]1.Nc1nc2c(ncn2[C@@H]2O[C@@H]3COP(=O)(O)OC4[C@@H](COP(O)(=S)O[C@H]2C3O)O[C@@H](n2cnc3c(N)ccnc32)[C@H]4F)c(=O)[nH]1. The highest BCUT2D eigenvalue weighted by atomic mass is 32.7. The Labute approximate surface area is 761 Å². The van der Waals surface area contributed by atoms with E-state index in [0.717, 1.165) is 19.0 Å². The predicted octanol–water partition coefficient (Wildman–Crippen LogP) is -1.11. The van der Waals surface area contributed by atoms with Crippen LogP contribution in [0.5, 0.6) is 0 Å². The van der Waals surface area contributed by atoms with E-state index in [9.17, 15) is 72.4 Å². The lowest BCUT2D eigenvalue weighted by molar-refractivity contribution is -0.0635. The Bertz CT molecular complexity index is 6490. The first-order valence-corrected chi connectivity index (χ1v) is 51.5. The van der Waals surface area contributed by atoms with Crippen molar-refractivity contribution in [1.29, 1.82) is 0 Å². The maximum Gasteiger partial charge on any atom is 0.472 e. The summed E-state index contributed by atoms with van der Waals surface area (Å²) < 4.78 is 207. The molecular formula is C63H72F3N27O33P6S3. The molecule has 21 rings (SSSR count). The van der Waals surface area contributed by atoms with Gasteiger partial charge in [0.25, 0.3) is 16.7 Å². The number of rotatable bonds is 6. The van der Waals surface area contributed by atoms with Gasteiger partial charge in [-0.3, -0.25) is 102 Å². The van der Waals surface area contributed by atoms with Gasteiger partial charge in [-0.05, 0) is 41.8 Å². The van der Waals surface area contributed by atoms with Crippen molar-refractivity contribution in [1.82, 2.24) is 102 Å². The van der Waals surface area contributed by atoms with Crippen molar-refractivity contribution in [2.45, 2.75) is 147 Å². The van der Waals surface area contributed by atoms with E-state index < -0.39 is 247 Å². The number of fused-ring (bicyclic) bond motifs is 15. The highest BCUT2D eigenvalue weighted by molar-refractivity contribution is 8.44. The number of ether oxygens (including phenoxy) is 6. The van der Waals surface area contributed by atoms with Crippen LogP contribution in [0.4, 0.5) is 48.1 Å². The summed E-state index contributed by atoms with van der Waals surface area (Å²) in [6, 6.07) is 4.50. The van der Waals surface area contributed by atoms with E-state index in [4.69, 9.17) is 141 Å². The van der Waals surface area contributed by atoms with Gasteiger partial charge in [0, 0.05) is 18.6 Å². The number of hydrogen-bond acceptors (Lipinski definition) is 48. The molecule has 12 aromatic heterocycles. The van der Waals surface area contributed by atoms with Crippen LogP contribution in [-0.2, 0) is 125 Å². The number of thiol groups is 1. The number of phosphoric ester groups is 3. The summed E-state index contributed by atoms with van der Waals surface area (Å²) in [5.74, 6) is -0.757. The third kappa shape index (κ3) is 18.4. The number of nitrogens with one attached hydrogen (secondary N) is 3. The van der Waals surface area contributed by atoms with Crippen LogP contribution in [-0.4, -0.2) is 292 Å². The van der Waals surface area contributed by atoms with Gasteiger partial charge in [0.15, 0.2) is 106 Å². The summed E-state index contributed by atoms with van der Waals surface area (Å²) in [4.78, 5) is 147. The zero-order chi connectivity index (χ0) is 95.5. The molecule has 0 spiro atoms. The van der Waals surface area contributed by atoms with E-state index in [1.165, 1.54) is 83.2 Å². The monoisotopic (exact) mass is 2070 g/mol. The molecule has 0 radical (unpaired) electrons. The summed E-state index contributed by atoms with van der Waals surface area (Å²) in [6.45, 7) is -17.6.